The van der Waals surface area contributed by atoms with Crippen molar-refractivity contribution in [3.63, 3.8) is 0 Å². The van der Waals surface area contributed by atoms with Crippen LogP contribution in [0.15, 0.2) is 64.5 Å². The van der Waals surface area contributed by atoms with Gasteiger partial charge in [-0.3, -0.25) is 0 Å². The summed E-state index contributed by atoms with van der Waals surface area (Å²) < 4.78 is 7.84. The Morgan fingerprint density at radius 3 is 2.64 bits per heavy atom. The van der Waals surface area contributed by atoms with Gasteiger partial charge in [0.05, 0.1) is 17.1 Å². The molecule has 0 saturated heterocycles. The van der Waals surface area contributed by atoms with Gasteiger partial charge in [0, 0.05) is 10.0 Å². The first-order valence-electron chi connectivity index (χ1n) is 7.42. The van der Waals surface area contributed by atoms with Gasteiger partial charge in [0.2, 0.25) is 5.88 Å². The Kier molecular flexibility index (Phi) is 4.18. The zero-order valence-electron chi connectivity index (χ0n) is 12.8. The highest BCUT2D eigenvalue weighted by Gasteiger charge is 2.13. The van der Waals surface area contributed by atoms with Gasteiger partial charge in [-0.05, 0) is 47.8 Å². The van der Waals surface area contributed by atoms with Crippen LogP contribution in [0.1, 0.15) is 5.56 Å². The topological polar surface area (TPSA) is 58.8 Å². The summed E-state index contributed by atoms with van der Waals surface area (Å²) in [5, 5.41) is 10.9. The second-order valence-corrected chi connectivity index (χ2v) is 7.07. The van der Waals surface area contributed by atoms with E-state index in [0.29, 0.717) is 23.0 Å². The molecule has 0 unspecified atom stereocenters. The predicted molar refractivity (Wildman–Crippen MR) is 102 cm³/mol. The van der Waals surface area contributed by atoms with E-state index in [9.17, 15) is 0 Å². The van der Waals surface area contributed by atoms with Crippen molar-refractivity contribution in [2.24, 2.45) is 0 Å². The molecule has 25 heavy (non-hydrogen) atoms. The van der Waals surface area contributed by atoms with E-state index in [1.54, 1.807) is 24.3 Å². The zero-order chi connectivity index (χ0) is 17.2. The number of aromatic nitrogens is 2. The molecule has 0 bridgehead atoms. The van der Waals surface area contributed by atoms with Crippen molar-refractivity contribution in [1.29, 1.82) is 5.26 Å². The summed E-state index contributed by atoms with van der Waals surface area (Å²) in [5.74, 6) is 1.75. The fourth-order valence-corrected chi connectivity index (χ4v) is 3.53. The Labute approximate surface area is 156 Å². The summed E-state index contributed by atoms with van der Waals surface area (Å²) in [4.78, 5) is 9.25. The zero-order valence-corrected chi connectivity index (χ0v) is 15.2. The Morgan fingerprint density at radius 1 is 1.04 bits per heavy atom. The van der Waals surface area contributed by atoms with Gasteiger partial charge in [-0.25, -0.2) is 4.98 Å². The lowest BCUT2D eigenvalue weighted by Crippen LogP contribution is -1.94. The maximum absolute atomic E-state index is 8.90. The van der Waals surface area contributed by atoms with Crippen molar-refractivity contribution in [2.45, 2.75) is 0 Å². The lowest BCUT2D eigenvalue weighted by Gasteiger charge is -2.08. The third kappa shape index (κ3) is 3.25. The molecule has 0 saturated carbocycles. The number of nitriles is 1. The number of benzene rings is 2. The second kappa shape index (κ2) is 6.63. The number of thiophene rings is 1. The predicted octanol–water partition coefficient (Wildman–Crippen LogP) is 5.78. The molecule has 0 aliphatic carbocycles. The molecule has 0 atom stereocenters. The molecule has 2 heterocycles. The largest absolute Gasteiger partial charge is 0.437 e. The molecule has 2 aromatic carbocycles. The fourth-order valence-electron chi connectivity index (χ4n) is 2.37. The van der Waals surface area contributed by atoms with E-state index in [1.165, 1.54) is 11.3 Å². The summed E-state index contributed by atoms with van der Waals surface area (Å²) in [5.41, 5.74) is 2.34. The molecule has 0 aliphatic heterocycles. The smallest absolute Gasteiger partial charge is 0.240 e. The molecule has 120 valence electrons. The summed E-state index contributed by atoms with van der Waals surface area (Å²) >= 11 is 5.01. The van der Waals surface area contributed by atoms with E-state index in [4.69, 9.17) is 10.00 Å². The number of halogens is 1. The Hall–Kier alpha value is -2.75. The molecule has 2 aromatic heterocycles. The first-order valence-corrected chi connectivity index (χ1v) is 9.09. The minimum Gasteiger partial charge on any atom is -0.437 e. The Morgan fingerprint density at radius 2 is 1.88 bits per heavy atom. The molecule has 0 amide bonds. The van der Waals surface area contributed by atoms with E-state index in [0.717, 1.165) is 20.3 Å². The van der Waals surface area contributed by atoms with Crippen molar-refractivity contribution in [3.05, 3.63) is 70.0 Å². The van der Waals surface area contributed by atoms with Crippen molar-refractivity contribution in [3.8, 4) is 29.1 Å². The lowest BCUT2D eigenvalue weighted by atomic mass is 10.2. The van der Waals surface area contributed by atoms with Crippen LogP contribution in [0.2, 0.25) is 0 Å². The van der Waals surface area contributed by atoms with Crippen molar-refractivity contribution in [2.75, 3.05) is 0 Å². The van der Waals surface area contributed by atoms with Crippen LogP contribution in [-0.2, 0) is 0 Å². The fraction of sp³-hybridized carbons (Fsp3) is 0. The van der Waals surface area contributed by atoms with E-state index in [2.05, 4.69) is 32.0 Å². The molecule has 0 spiro atoms. The average molecular weight is 408 g/mol. The van der Waals surface area contributed by atoms with Crippen molar-refractivity contribution in [1.82, 2.24) is 9.97 Å². The summed E-state index contributed by atoms with van der Waals surface area (Å²) in [6.45, 7) is 0. The average Bonchev–Trinajstić information content (AvgIpc) is 3.11. The summed E-state index contributed by atoms with van der Waals surface area (Å²) in [6, 6.07) is 18.9. The first-order chi connectivity index (χ1) is 12.2. The van der Waals surface area contributed by atoms with Crippen LogP contribution in [0, 0.1) is 11.3 Å². The van der Waals surface area contributed by atoms with Gasteiger partial charge >= 0.3 is 0 Å². The number of hydrogen-bond acceptors (Lipinski definition) is 5. The van der Waals surface area contributed by atoms with Gasteiger partial charge in [-0.15, -0.1) is 11.3 Å². The van der Waals surface area contributed by atoms with E-state index < -0.39 is 0 Å². The summed E-state index contributed by atoms with van der Waals surface area (Å²) in [7, 11) is 0. The van der Waals surface area contributed by atoms with Crippen LogP contribution in [-0.4, -0.2) is 9.97 Å². The van der Waals surface area contributed by atoms with E-state index >= 15 is 0 Å². The van der Waals surface area contributed by atoms with Gasteiger partial charge < -0.3 is 4.74 Å². The number of rotatable bonds is 3. The van der Waals surface area contributed by atoms with Crippen LogP contribution < -0.4 is 4.74 Å². The van der Waals surface area contributed by atoms with E-state index in [-0.39, 0.29) is 0 Å². The first kappa shape index (κ1) is 15.8. The second-order valence-electron chi connectivity index (χ2n) is 5.24. The van der Waals surface area contributed by atoms with Crippen LogP contribution in [0.25, 0.3) is 21.6 Å². The Balaban J connectivity index is 1.79. The van der Waals surface area contributed by atoms with Gasteiger partial charge in [0.25, 0.3) is 0 Å². The maximum atomic E-state index is 8.90. The van der Waals surface area contributed by atoms with Crippen molar-refractivity contribution >= 4 is 37.5 Å². The SMILES string of the molecule is N#Cc1ccc(Oc2nc(-c3cccc(Br)c3)nc3ccsc23)cc1. The Bertz CT molecular complexity index is 1100. The number of nitrogens with zero attached hydrogens (tertiary/aromatic N) is 3. The molecule has 4 nitrogen and oxygen atoms in total. The molecule has 6 heteroatoms. The number of fused-ring (bicyclic) bond motifs is 1. The molecule has 4 rings (SSSR count). The molecular weight excluding hydrogens is 398 g/mol. The van der Waals surface area contributed by atoms with Gasteiger partial charge in [-0.2, -0.15) is 10.2 Å². The molecule has 0 fully saturated rings. The van der Waals surface area contributed by atoms with Crippen molar-refractivity contribution < 1.29 is 4.74 Å². The molecular formula is C19H10BrN3OS. The standard InChI is InChI=1S/C19H10BrN3OS/c20-14-3-1-2-13(10-14)18-22-16-8-9-25-17(16)19(23-18)24-15-6-4-12(11-21)5-7-15/h1-10H. The monoisotopic (exact) mass is 407 g/mol. The normalized spacial score (nSPS) is 10.6. The van der Waals surface area contributed by atoms with E-state index in [1.807, 2.05) is 35.7 Å². The number of hydrogen-bond donors (Lipinski definition) is 0. The van der Waals surface area contributed by atoms with Gasteiger partial charge in [0.15, 0.2) is 5.82 Å². The van der Waals surface area contributed by atoms with Crippen LogP contribution in [0.5, 0.6) is 11.6 Å². The highest BCUT2D eigenvalue weighted by atomic mass is 79.9. The third-order valence-electron chi connectivity index (χ3n) is 3.55. The molecule has 4 aromatic rings. The third-order valence-corrected chi connectivity index (χ3v) is 4.94. The highest BCUT2D eigenvalue weighted by molar-refractivity contribution is 9.10. The molecule has 0 radical (unpaired) electrons. The molecule has 0 N–H and O–H groups in total. The minimum absolute atomic E-state index is 0.514. The van der Waals surface area contributed by atoms with Crippen LogP contribution in [0.4, 0.5) is 0 Å². The quantitative estimate of drug-likeness (QED) is 0.431. The summed E-state index contributed by atoms with van der Waals surface area (Å²) in [6.07, 6.45) is 0. The minimum atomic E-state index is 0.514. The lowest BCUT2D eigenvalue weighted by molar-refractivity contribution is 0.470. The van der Waals surface area contributed by atoms with Gasteiger partial charge in [0.1, 0.15) is 10.4 Å². The maximum Gasteiger partial charge on any atom is 0.240 e. The van der Waals surface area contributed by atoms with Gasteiger partial charge in [-0.1, -0.05) is 28.1 Å². The van der Waals surface area contributed by atoms with Crippen LogP contribution >= 0.6 is 27.3 Å². The number of ether oxygens (including phenoxy) is 1. The van der Waals surface area contributed by atoms with Crippen LogP contribution in [0.3, 0.4) is 0 Å². The molecule has 0 aliphatic rings. The highest BCUT2D eigenvalue weighted by Crippen LogP contribution is 2.33.